The standard InChI is InChI=1S/C7H16N2O/c1-6(8)3-9-4-7(2,10)5-9/h6,10H,3-5,8H2,1-2H3. The van der Waals surface area contributed by atoms with Crippen molar-refractivity contribution in [1.29, 1.82) is 0 Å². The Morgan fingerprint density at radius 1 is 1.70 bits per heavy atom. The van der Waals surface area contributed by atoms with E-state index < -0.39 is 5.60 Å². The molecule has 1 aliphatic rings. The van der Waals surface area contributed by atoms with Gasteiger partial charge in [0.15, 0.2) is 0 Å². The molecule has 0 radical (unpaired) electrons. The summed E-state index contributed by atoms with van der Waals surface area (Å²) >= 11 is 0. The normalized spacial score (nSPS) is 27.6. The van der Waals surface area contributed by atoms with Gasteiger partial charge in [-0.1, -0.05) is 0 Å². The highest BCUT2D eigenvalue weighted by molar-refractivity contribution is 4.91. The van der Waals surface area contributed by atoms with Crippen molar-refractivity contribution in [1.82, 2.24) is 4.90 Å². The fraction of sp³-hybridized carbons (Fsp3) is 1.00. The maximum atomic E-state index is 9.31. The van der Waals surface area contributed by atoms with E-state index in [1.807, 2.05) is 13.8 Å². The van der Waals surface area contributed by atoms with Gasteiger partial charge < -0.3 is 10.8 Å². The average molecular weight is 144 g/mol. The lowest BCUT2D eigenvalue weighted by Gasteiger charge is -2.44. The molecule has 0 saturated carbocycles. The summed E-state index contributed by atoms with van der Waals surface area (Å²) in [7, 11) is 0. The number of hydrogen-bond donors (Lipinski definition) is 2. The van der Waals surface area contributed by atoms with Crippen molar-refractivity contribution in [2.75, 3.05) is 19.6 Å². The third-order valence-electron chi connectivity index (χ3n) is 1.67. The summed E-state index contributed by atoms with van der Waals surface area (Å²) in [5.74, 6) is 0. The Bertz CT molecular complexity index is 112. The summed E-state index contributed by atoms with van der Waals surface area (Å²) in [6.45, 7) is 6.27. The molecule has 0 aromatic rings. The molecule has 0 aliphatic carbocycles. The van der Waals surface area contributed by atoms with Crippen LogP contribution in [0.2, 0.25) is 0 Å². The molecule has 1 atom stereocenters. The minimum atomic E-state index is -0.450. The van der Waals surface area contributed by atoms with Crippen molar-refractivity contribution >= 4 is 0 Å². The number of nitrogens with zero attached hydrogens (tertiary/aromatic N) is 1. The third-order valence-corrected chi connectivity index (χ3v) is 1.67. The predicted octanol–water partition coefficient (Wildman–Crippen LogP) is -0.600. The van der Waals surface area contributed by atoms with Gasteiger partial charge in [-0.15, -0.1) is 0 Å². The molecule has 1 saturated heterocycles. The second-order valence-corrected chi connectivity index (χ2v) is 3.64. The summed E-state index contributed by atoms with van der Waals surface area (Å²) < 4.78 is 0. The maximum Gasteiger partial charge on any atom is 0.0872 e. The fourth-order valence-corrected chi connectivity index (χ4v) is 1.45. The first-order valence-corrected chi connectivity index (χ1v) is 3.70. The van der Waals surface area contributed by atoms with Gasteiger partial charge in [-0.05, 0) is 13.8 Å². The van der Waals surface area contributed by atoms with Gasteiger partial charge in [0, 0.05) is 25.7 Å². The molecule has 1 unspecified atom stereocenters. The highest BCUT2D eigenvalue weighted by Crippen LogP contribution is 2.18. The lowest BCUT2D eigenvalue weighted by molar-refractivity contribution is -0.0842. The second-order valence-electron chi connectivity index (χ2n) is 3.64. The quantitative estimate of drug-likeness (QED) is 0.544. The molecule has 1 fully saturated rings. The van der Waals surface area contributed by atoms with Gasteiger partial charge >= 0.3 is 0 Å². The van der Waals surface area contributed by atoms with E-state index in [0.717, 1.165) is 19.6 Å². The lowest BCUT2D eigenvalue weighted by atomic mass is 9.96. The van der Waals surface area contributed by atoms with Crippen molar-refractivity contribution in [3.05, 3.63) is 0 Å². The van der Waals surface area contributed by atoms with Crippen LogP contribution in [0.15, 0.2) is 0 Å². The van der Waals surface area contributed by atoms with E-state index in [-0.39, 0.29) is 6.04 Å². The lowest BCUT2D eigenvalue weighted by Crippen LogP contribution is -2.61. The van der Waals surface area contributed by atoms with Crippen LogP contribution < -0.4 is 5.73 Å². The minimum Gasteiger partial charge on any atom is -0.388 e. The molecule has 60 valence electrons. The Kier molecular flexibility index (Phi) is 1.99. The number of nitrogens with two attached hydrogens (primary N) is 1. The second kappa shape index (κ2) is 2.49. The van der Waals surface area contributed by atoms with Crippen LogP contribution in [-0.4, -0.2) is 41.3 Å². The SMILES string of the molecule is CC(N)CN1CC(C)(O)C1. The molecule has 3 heteroatoms. The topological polar surface area (TPSA) is 49.5 Å². The van der Waals surface area contributed by atoms with Crippen LogP contribution in [0.5, 0.6) is 0 Å². The summed E-state index contributed by atoms with van der Waals surface area (Å²) in [4.78, 5) is 2.16. The Labute approximate surface area is 61.8 Å². The van der Waals surface area contributed by atoms with Crippen molar-refractivity contribution in [2.24, 2.45) is 5.73 Å². The Hall–Kier alpha value is -0.120. The molecule has 3 nitrogen and oxygen atoms in total. The smallest absolute Gasteiger partial charge is 0.0872 e. The zero-order valence-electron chi connectivity index (χ0n) is 6.67. The maximum absolute atomic E-state index is 9.31. The van der Waals surface area contributed by atoms with Crippen molar-refractivity contribution in [2.45, 2.75) is 25.5 Å². The van der Waals surface area contributed by atoms with Crippen LogP contribution in [0.1, 0.15) is 13.8 Å². The van der Waals surface area contributed by atoms with Gasteiger partial charge in [0.1, 0.15) is 0 Å². The van der Waals surface area contributed by atoms with Gasteiger partial charge in [0.05, 0.1) is 5.60 Å². The number of hydrogen-bond acceptors (Lipinski definition) is 3. The fourth-order valence-electron chi connectivity index (χ4n) is 1.45. The third kappa shape index (κ3) is 1.94. The first kappa shape index (κ1) is 7.98. The van der Waals surface area contributed by atoms with Crippen LogP contribution >= 0.6 is 0 Å². The van der Waals surface area contributed by atoms with E-state index in [0.29, 0.717) is 0 Å². The number of rotatable bonds is 2. The monoisotopic (exact) mass is 144 g/mol. The number of β-amino-alcohol motifs (C(OH)–C–C–N with tert-alkyl or cyclic N) is 1. The molecular formula is C7H16N2O. The number of likely N-dealkylation sites (tertiary alicyclic amines) is 1. The van der Waals surface area contributed by atoms with E-state index >= 15 is 0 Å². The van der Waals surface area contributed by atoms with E-state index in [2.05, 4.69) is 4.90 Å². The molecule has 1 rings (SSSR count). The summed E-state index contributed by atoms with van der Waals surface area (Å²) in [5, 5.41) is 9.31. The molecule has 0 bridgehead atoms. The van der Waals surface area contributed by atoms with E-state index in [4.69, 9.17) is 5.73 Å². The average Bonchev–Trinajstić information content (AvgIpc) is 1.57. The zero-order valence-corrected chi connectivity index (χ0v) is 6.67. The van der Waals surface area contributed by atoms with Crippen LogP contribution in [-0.2, 0) is 0 Å². The molecule has 3 N–H and O–H groups in total. The minimum absolute atomic E-state index is 0.219. The largest absolute Gasteiger partial charge is 0.388 e. The van der Waals surface area contributed by atoms with Gasteiger partial charge in [-0.3, -0.25) is 4.90 Å². The molecule has 0 spiro atoms. The van der Waals surface area contributed by atoms with Gasteiger partial charge in [0.25, 0.3) is 0 Å². The molecule has 0 amide bonds. The Morgan fingerprint density at radius 2 is 2.20 bits per heavy atom. The highest BCUT2D eigenvalue weighted by Gasteiger charge is 2.36. The van der Waals surface area contributed by atoms with E-state index in [9.17, 15) is 5.11 Å². The summed E-state index contributed by atoms with van der Waals surface area (Å²) in [6, 6.07) is 0.219. The van der Waals surface area contributed by atoms with Crippen LogP contribution in [0, 0.1) is 0 Å². The summed E-state index contributed by atoms with van der Waals surface area (Å²) in [5.41, 5.74) is 5.12. The summed E-state index contributed by atoms with van der Waals surface area (Å²) in [6.07, 6.45) is 0. The molecule has 10 heavy (non-hydrogen) atoms. The van der Waals surface area contributed by atoms with Crippen molar-refractivity contribution < 1.29 is 5.11 Å². The first-order chi connectivity index (χ1) is 4.49. The first-order valence-electron chi connectivity index (χ1n) is 3.70. The van der Waals surface area contributed by atoms with Crippen LogP contribution in [0.25, 0.3) is 0 Å². The molecular weight excluding hydrogens is 128 g/mol. The molecule has 1 heterocycles. The van der Waals surface area contributed by atoms with Crippen LogP contribution in [0.4, 0.5) is 0 Å². The molecule has 1 aliphatic heterocycles. The number of aliphatic hydroxyl groups is 1. The van der Waals surface area contributed by atoms with E-state index in [1.165, 1.54) is 0 Å². The van der Waals surface area contributed by atoms with Gasteiger partial charge in [-0.25, -0.2) is 0 Å². The van der Waals surface area contributed by atoms with E-state index in [1.54, 1.807) is 0 Å². The molecule has 0 aromatic carbocycles. The zero-order chi connectivity index (χ0) is 7.78. The Balaban J connectivity index is 2.15. The highest BCUT2D eigenvalue weighted by atomic mass is 16.3. The van der Waals surface area contributed by atoms with Crippen molar-refractivity contribution in [3.63, 3.8) is 0 Å². The van der Waals surface area contributed by atoms with Crippen molar-refractivity contribution in [3.8, 4) is 0 Å². The predicted molar refractivity (Wildman–Crippen MR) is 40.7 cm³/mol. The Morgan fingerprint density at radius 3 is 2.50 bits per heavy atom. The van der Waals surface area contributed by atoms with Gasteiger partial charge in [0.2, 0.25) is 0 Å². The molecule has 0 aromatic heterocycles. The van der Waals surface area contributed by atoms with Crippen LogP contribution in [0.3, 0.4) is 0 Å². The van der Waals surface area contributed by atoms with Gasteiger partial charge in [-0.2, -0.15) is 0 Å².